The second-order valence-corrected chi connectivity index (χ2v) is 5.60. The van der Waals surface area contributed by atoms with Crippen molar-refractivity contribution in [3.63, 3.8) is 0 Å². The minimum Gasteiger partial charge on any atom is -0.293 e. The second-order valence-electron chi connectivity index (χ2n) is 5.60. The maximum atomic E-state index is 4.11. The molecule has 0 amide bonds. The SMILES string of the molecule is C=C1CC(C(C)(C)C)N(C(C)C)C1. The molecular weight excluding hydrogens is 158 g/mol. The molecule has 1 atom stereocenters. The first-order valence-electron chi connectivity index (χ1n) is 5.24. The van der Waals surface area contributed by atoms with E-state index < -0.39 is 0 Å². The van der Waals surface area contributed by atoms with Crippen LogP contribution in [-0.4, -0.2) is 23.5 Å². The summed E-state index contributed by atoms with van der Waals surface area (Å²) in [6, 6.07) is 1.32. The number of rotatable bonds is 1. The lowest BCUT2D eigenvalue weighted by Crippen LogP contribution is -2.43. The Bertz CT molecular complexity index is 198. The van der Waals surface area contributed by atoms with Crippen molar-refractivity contribution in [3.8, 4) is 0 Å². The van der Waals surface area contributed by atoms with Gasteiger partial charge in [0.1, 0.15) is 0 Å². The van der Waals surface area contributed by atoms with E-state index in [9.17, 15) is 0 Å². The Kier molecular flexibility index (Phi) is 2.86. The number of hydrogen-bond acceptors (Lipinski definition) is 1. The highest BCUT2D eigenvalue weighted by molar-refractivity contribution is 5.11. The van der Waals surface area contributed by atoms with Crippen LogP contribution in [0.4, 0.5) is 0 Å². The fourth-order valence-corrected chi connectivity index (χ4v) is 2.17. The number of nitrogens with zero attached hydrogens (tertiary/aromatic N) is 1. The monoisotopic (exact) mass is 181 g/mol. The number of likely N-dealkylation sites (tertiary alicyclic amines) is 1. The van der Waals surface area contributed by atoms with Crippen molar-refractivity contribution < 1.29 is 0 Å². The quantitative estimate of drug-likeness (QED) is 0.562. The van der Waals surface area contributed by atoms with Gasteiger partial charge in [0.15, 0.2) is 0 Å². The van der Waals surface area contributed by atoms with Crippen molar-refractivity contribution in [1.82, 2.24) is 4.90 Å². The van der Waals surface area contributed by atoms with Gasteiger partial charge in [-0.05, 0) is 25.7 Å². The van der Waals surface area contributed by atoms with Crippen LogP contribution in [0.5, 0.6) is 0 Å². The number of hydrogen-bond donors (Lipinski definition) is 0. The molecule has 1 saturated heterocycles. The van der Waals surface area contributed by atoms with Gasteiger partial charge in [-0.3, -0.25) is 4.90 Å². The molecule has 0 bridgehead atoms. The van der Waals surface area contributed by atoms with Crippen LogP contribution in [0.1, 0.15) is 41.0 Å². The molecule has 1 fully saturated rings. The Balaban J connectivity index is 2.78. The molecule has 0 aromatic carbocycles. The summed E-state index contributed by atoms with van der Waals surface area (Å²) >= 11 is 0. The van der Waals surface area contributed by atoms with Crippen molar-refractivity contribution in [1.29, 1.82) is 0 Å². The maximum Gasteiger partial charge on any atom is 0.0196 e. The third-order valence-corrected chi connectivity index (χ3v) is 2.95. The molecule has 1 aliphatic heterocycles. The van der Waals surface area contributed by atoms with Crippen LogP contribution in [0.2, 0.25) is 0 Å². The molecule has 0 aromatic heterocycles. The van der Waals surface area contributed by atoms with E-state index in [0.29, 0.717) is 17.5 Å². The maximum absolute atomic E-state index is 4.11. The van der Waals surface area contributed by atoms with Gasteiger partial charge in [-0.25, -0.2) is 0 Å². The Morgan fingerprint density at radius 3 is 2.23 bits per heavy atom. The molecule has 1 heterocycles. The molecule has 13 heavy (non-hydrogen) atoms. The minimum atomic E-state index is 0.379. The van der Waals surface area contributed by atoms with Crippen molar-refractivity contribution in [3.05, 3.63) is 12.2 Å². The van der Waals surface area contributed by atoms with Crippen molar-refractivity contribution in [2.45, 2.75) is 53.1 Å². The van der Waals surface area contributed by atoms with Crippen molar-refractivity contribution in [2.24, 2.45) is 5.41 Å². The molecular formula is C12H23N. The fourth-order valence-electron chi connectivity index (χ4n) is 2.17. The van der Waals surface area contributed by atoms with Gasteiger partial charge in [-0.2, -0.15) is 0 Å². The van der Waals surface area contributed by atoms with E-state index in [1.165, 1.54) is 12.0 Å². The summed E-state index contributed by atoms with van der Waals surface area (Å²) in [5, 5.41) is 0. The third-order valence-electron chi connectivity index (χ3n) is 2.95. The van der Waals surface area contributed by atoms with Crippen LogP contribution in [0, 0.1) is 5.41 Å². The van der Waals surface area contributed by atoms with Gasteiger partial charge in [0.2, 0.25) is 0 Å². The Hall–Kier alpha value is -0.300. The zero-order chi connectivity index (χ0) is 10.2. The zero-order valence-electron chi connectivity index (χ0n) is 9.72. The van der Waals surface area contributed by atoms with Crippen LogP contribution in [0.25, 0.3) is 0 Å². The van der Waals surface area contributed by atoms with Gasteiger partial charge in [0.05, 0.1) is 0 Å². The Morgan fingerprint density at radius 1 is 1.38 bits per heavy atom. The molecule has 0 aliphatic carbocycles. The van der Waals surface area contributed by atoms with Crippen LogP contribution in [0.15, 0.2) is 12.2 Å². The van der Waals surface area contributed by atoms with E-state index in [-0.39, 0.29) is 0 Å². The largest absolute Gasteiger partial charge is 0.293 e. The molecule has 1 aliphatic rings. The van der Waals surface area contributed by atoms with Crippen LogP contribution in [0.3, 0.4) is 0 Å². The van der Waals surface area contributed by atoms with Gasteiger partial charge in [0.25, 0.3) is 0 Å². The first kappa shape index (κ1) is 10.8. The zero-order valence-corrected chi connectivity index (χ0v) is 9.72. The predicted molar refractivity (Wildman–Crippen MR) is 58.8 cm³/mol. The lowest BCUT2D eigenvalue weighted by molar-refractivity contribution is 0.112. The highest BCUT2D eigenvalue weighted by Crippen LogP contribution is 2.35. The van der Waals surface area contributed by atoms with Crippen LogP contribution in [-0.2, 0) is 0 Å². The molecule has 0 N–H and O–H groups in total. The van der Waals surface area contributed by atoms with Crippen LogP contribution < -0.4 is 0 Å². The molecule has 1 heteroatoms. The minimum absolute atomic E-state index is 0.379. The smallest absolute Gasteiger partial charge is 0.0196 e. The Morgan fingerprint density at radius 2 is 1.92 bits per heavy atom. The lowest BCUT2D eigenvalue weighted by Gasteiger charge is -2.37. The topological polar surface area (TPSA) is 3.24 Å². The molecule has 1 rings (SSSR count). The average molecular weight is 181 g/mol. The molecule has 0 spiro atoms. The van der Waals surface area contributed by atoms with Crippen LogP contribution >= 0.6 is 0 Å². The lowest BCUT2D eigenvalue weighted by atomic mass is 9.84. The summed E-state index contributed by atoms with van der Waals surface area (Å²) in [4.78, 5) is 2.57. The molecule has 0 radical (unpaired) electrons. The van der Waals surface area contributed by atoms with E-state index in [0.717, 1.165) is 6.54 Å². The summed E-state index contributed by atoms with van der Waals surface area (Å²) in [6.45, 7) is 16.7. The standard InChI is InChI=1S/C12H23N/c1-9(2)13-8-10(3)7-11(13)12(4,5)6/h9,11H,3,7-8H2,1-2,4-6H3. The molecule has 1 nitrogen and oxygen atoms in total. The molecule has 1 unspecified atom stereocenters. The van der Waals surface area contributed by atoms with E-state index >= 15 is 0 Å². The predicted octanol–water partition coefficient (Wildman–Crippen LogP) is 3.07. The summed E-state index contributed by atoms with van der Waals surface area (Å²) in [5.41, 5.74) is 1.78. The van der Waals surface area contributed by atoms with Gasteiger partial charge in [0, 0.05) is 18.6 Å². The van der Waals surface area contributed by atoms with Gasteiger partial charge < -0.3 is 0 Å². The first-order chi connectivity index (χ1) is 5.82. The van der Waals surface area contributed by atoms with Crippen molar-refractivity contribution >= 4 is 0 Å². The molecule has 76 valence electrons. The van der Waals surface area contributed by atoms with Gasteiger partial charge in [-0.15, -0.1) is 0 Å². The summed E-state index contributed by atoms with van der Waals surface area (Å²) in [6.07, 6.45) is 1.18. The van der Waals surface area contributed by atoms with Crippen molar-refractivity contribution in [2.75, 3.05) is 6.54 Å². The summed E-state index contributed by atoms with van der Waals surface area (Å²) < 4.78 is 0. The third kappa shape index (κ3) is 2.34. The highest BCUT2D eigenvalue weighted by Gasteiger charge is 2.36. The average Bonchev–Trinajstić information content (AvgIpc) is 2.29. The normalized spacial score (nSPS) is 26.0. The second kappa shape index (κ2) is 3.45. The summed E-state index contributed by atoms with van der Waals surface area (Å²) in [5.74, 6) is 0. The van der Waals surface area contributed by atoms with E-state index in [1.807, 2.05) is 0 Å². The van der Waals surface area contributed by atoms with E-state index in [4.69, 9.17) is 0 Å². The van der Waals surface area contributed by atoms with E-state index in [2.05, 4.69) is 46.1 Å². The highest BCUT2D eigenvalue weighted by atomic mass is 15.2. The molecule has 0 aromatic rings. The van der Waals surface area contributed by atoms with Gasteiger partial charge in [-0.1, -0.05) is 32.9 Å². The fraction of sp³-hybridized carbons (Fsp3) is 0.833. The van der Waals surface area contributed by atoms with E-state index in [1.54, 1.807) is 0 Å². The summed E-state index contributed by atoms with van der Waals surface area (Å²) in [7, 11) is 0. The molecule has 0 saturated carbocycles. The first-order valence-corrected chi connectivity index (χ1v) is 5.24. The Labute approximate surface area is 82.8 Å². The van der Waals surface area contributed by atoms with Gasteiger partial charge >= 0.3 is 0 Å².